The first kappa shape index (κ1) is 30.7. The van der Waals surface area contributed by atoms with Gasteiger partial charge in [0.15, 0.2) is 0 Å². The Morgan fingerprint density at radius 2 is 0.836 bits per heavy atom. The van der Waals surface area contributed by atoms with Gasteiger partial charge in [-0.15, -0.1) is 0 Å². The van der Waals surface area contributed by atoms with E-state index in [9.17, 15) is 10.5 Å². The minimum Gasteiger partial charge on any atom is -0.308 e. The van der Waals surface area contributed by atoms with Gasteiger partial charge in [-0.2, -0.15) is 10.5 Å². The summed E-state index contributed by atoms with van der Waals surface area (Å²) >= 11 is 0. The quantitative estimate of drug-likeness (QED) is 0.184. The largest absolute Gasteiger partial charge is 0.308 e. The summed E-state index contributed by atoms with van der Waals surface area (Å²) in [5.41, 5.74) is 12.6. The van der Waals surface area contributed by atoms with Crippen molar-refractivity contribution in [2.75, 3.05) is 0 Å². The van der Waals surface area contributed by atoms with Gasteiger partial charge < -0.3 is 13.7 Å². The zero-order valence-corrected chi connectivity index (χ0v) is 29.5. The van der Waals surface area contributed by atoms with Crippen LogP contribution < -0.4 is 0 Å². The van der Waals surface area contributed by atoms with E-state index in [-0.39, 0.29) is 0 Å². The molecular formula is C50H29N5. The molecule has 5 nitrogen and oxygen atoms in total. The van der Waals surface area contributed by atoms with Gasteiger partial charge >= 0.3 is 0 Å². The highest BCUT2D eigenvalue weighted by molar-refractivity contribution is 6.15. The van der Waals surface area contributed by atoms with Crippen molar-refractivity contribution < 1.29 is 0 Å². The standard InChI is InChI=1S/C50H29N5/c51-30-34-11-9-21-47-49(34)41-15-4-8-20-46(41)54(47)42-28-25-33(29-35(42)31-52)32-23-26-36(27-24-32)53-43-17-5-3-14-39(43)40-16-10-22-48(50(40)53)55-44-18-6-1-12-37(44)38-13-2-7-19-45(38)55/h1-29H. The summed E-state index contributed by atoms with van der Waals surface area (Å²) in [6.45, 7) is 0. The molecule has 0 radical (unpaired) electrons. The summed E-state index contributed by atoms with van der Waals surface area (Å²) in [7, 11) is 0. The summed E-state index contributed by atoms with van der Waals surface area (Å²) < 4.78 is 6.89. The topological polar surface area (TPSA) is 62.4 Å². The average Bonchev–Trinajstić information content (AvgIpc) is 3.89. The third-order valence-electron chi connectivity index (χ3n) is 11.1. The normalized spacial score (nSPS) is 11.6. The van der Waals surface area contributed by atoms with Crippen LogP contribution in [0, 0.1) is 22.7 Å². The smallest absolute Gasteiger partial charge is 0.101 e. The summed E-state index contributed by atoms with van der Waals surface area (Å²) in [5.74, 6) is 0. The molecule has 0 aliphatic carbocycles. The van der Waals surface area contributed by atoms with E-state index in [1.165, 1.54) is 32.6 Å². The molecule has 0 bridgehead atoms. The highest BCUT2D eigenvalue weighted by Crippen LogP contribution is 2.40. The van der Waals surface area contributed by atoms with Crippen LogP contribution >= 0.6 is 0 Å². The maximum Gasteiger partial charge on any atom is 0.101 e. The lowest BCUT2D eigenvalue weighted by atomic mass is 10.0. The number of hydrogen-bond donors (Lipinski definition) is 0. The predicted molar refractivity (Wildman–Crippen MR) is 224 cm³/mol. The van der Waals surface area contributed by atoms with Crippen molar-refractivity contribution in [1.29, 1.82) is 10.5 Å². The fraction of sp³-hybridized carbons (Fsp3) is 0. The van der Waals surface area contributed by atoms with Gasteiger partial charge in [-0.05, 0) is 77.9 Å². The number of rotatable bonds is 4. The van der Waals surface area contributed by atoms with Crippen molar-refractivity contribution in [3.8, 4) is 40.3 Å². The Kier molecular flexibility index (Phi) is 6.61. The SMILES string of the molecule is N#Cc1cc(-c2ccc(-n3c4ccccc4c4cccc(-n5c6ccccc6c6ccccc65)c43)cc2)ccc1-n1c2ccccc2c2c(C#N)cccc21. The number of nitriles is 2. The molecule has 0 saturated heterocycles. The molecule has 3 aromatic heterocycles. The van der Waals surface area contributed by atoms with Crippen molar-refractivity contribution in [2.45, 2.75) is 0 Å². The lowest BCUT2D eigenvalue weighted by molar-refractivity contribution is 1.13. The van der Waals surface area contributed by atoms with Gasteiger partial charge in [0.2, 0.25) is 0 Å². The van der Waals surface area contributed by atoms with E-state index in [4.69, 9.17) is 0 Å². The predicted octanol–water partition coefficient (Wildman–Crippen LogP) is 12.4. The van der Waals surface area contributed by atoms with Crippen LogP contribution in [0.15, 0.2) is 176 Å². The second-order valence-electron chi connectivity index (χ2n) is 14.0. The average molecular weight is 700 g/mol. The summed E-state index contributed by atoms with van der Waals surface area (Å²) in [6, 6.07) is 66.0. The molecule has 11 rings (SSSR count). The number of hydrogen-bond acceptors (Lipinski definition) is 2. The Bertz CT molecular complexity index is 3400. The second kappa shape index (κ2) is 11.8. The molecule has 0 N–H and O–H groups in total. The van der Waals surface area contributed by atoms with Gasteiger partial charge in [-0.1, -0.05) is 109 Å². The third kappa shape index (κ3) is 4.39. The number of nitrogens with zero attached hydrogens (tertiary/aromatic N) is 5. The van der Waals surface area contributed by atoms with Crippen LogP contribution in [0.5, 0.6) is 0 Å². The number of benzene rings is 8. The summed E-state index contributed by atoms with van der Waals surface area (Å²) in [6.07, 6.45) is 0. The first-order chi connectivity index (χ1) is 27.2. The number of fused-ring (bicyclic) bond motifs is 9. The van der Waals surface area contributed by atoms with E-state index in [0.717, 1.165) is 61.0 Å². The van der Waals surface area contributed by atoms with Gasteiger partial charge in [0, 0.05) is 38.0 Å². The fourth-order valence-corrected chi connectivity index (χ4v) is 8.81. The second-order valence-corrected chi connectivity index (χ2v) is 14.0. The van der Waals surface area contributed by atoms with E-state index in [1.807, 2.05) is 54.6 Å². The van der Waals surface area contributed by atoms with Gasteiger partial charge in [0.05, 0.1) is 61.7 Å². The van der Waals surface area contributed by atoms with Crippen LogP contribution in [0.4, 0.5) is 0 Å². The van der Waals surface area contributed by atoms with Crippen LogP contribution in [0.25, 0.3) is 93.6 Å². The van der Waals surface area contributed by atoms with E-state index < -0.39 is 0 Å². The summed E-state index contributed by atoms with van der Waals surface area (Å²) in [4.78, 5) is 0. The molecule has 8 aromatic carbocycles. The molecule has 5 heteroatoms. The molecule has 0 saturated carbocycles. The Balaban J connectivity index is 1.07. The monoisotopic (exact) mass is 699 g/mol. The molecule has 0 aliphatic heterocycles. The van der Waals surface area contributed by atoms with E-state index >= 15 is 0 Å². The minimum absolute atomic E-state index is 0.560. The fourth-order valence-electron chi connectivity index (χ4n) is 8.81. The van der Waals surface area contributed by atoms with Crippen LogP contribution in [0.2, 0.25) is 0 Å². The summed E-state index contributed by atoms with van der Waals surface area (Å²) in [5, 5.41) is 27.2. The number of para-hydroxylation sites is 5. The van der Waals surface area contributed by atoms with Crippen molar-refractivity contribution in [3.05, 3.63) is 187 Å². The molecule has 3 heterocycles. The molecule has 0 spiro atoms. The van der Waals surface area contributed by atoms with Crippen molar-refractivity contribution >= 4 is 65.4 Å². The van der Waals surface area contributed by atoms with E-state index in [0.29, 0.717) is 11.1 Å². The maximum atomic E-state index is 10.5. The lowest BCUT2D eigenvalue weighted by Crippen LogP contribution is -2.00. The Labute approximate surface area is 316 Å². The zero-order chi connectivity index (χ0) is 36.6. The molecule has 254 valence electrons. The van der Waals surface area contributed by atoms with Gasteiger partial charge in [0.25, 0.3) is 0 Å². The van der Waals surface area contributed by atoms with Gasteiger partial charge in [-0.25, -0.2) is 0 Å². The van der Waals surface area contributed by atoms with Crippen LogP contribution in [0.3, 0.4) is 0 Å². The van der Waals surface area contributed by atoms with E-state index in [1.54, 1.807) is 0 Å². The minimum atomic E-state index is 0.560. The van der Waals surface area contributed by atoms with Crippen LogP contribution in [0.1, 0.15) is 11.1 Å². The molecule has 0 aliphatic rings. The highest BCUT2D eigenvalue weighted by atomic mass is 15.1. The maximum absolute atomic E-state index is 10.5. The molecule has 55 heavy (non-hydrogen) atoms. The van der Waals surface area contributed by atoms with E-state index in [2.05, 4.69) is 147 Å². The van der Waals surface area contributed by atoms with Crippen LogP contribution in [-0.2, 0) is 0 Å². The molecule has 0 fully saturated rings. The molecule has 0 amide bonds. The van der Waals surface area contributed by atoms with Crippen molar-refractivity contribution in [1.82, 2.24) is 13.7 Å². The Morgan fingerprint density at radius 1 is 0.345 bits per heavy atom. The van der Waals surface area contributed by atoms with Gasteiger partial charge in [-0.3, -0.25) is 0 Å². The van der Waals surface area contributed by atoms with Gasteiger partial charge in [0.1, 0.15) is 6.07 Å². The molecule has 0 atom stereocenters. The Morgan fingerprint density at radius 3 is 1.49 bits per heavy atom. The Hall–Kier alpha value is -7.86. The number of aromatic nitrogens is 3. The molecule has 0 unspecified atom stereocenters. The first-order valence-electron chi connectivity index (χ1n) is 18.3. The molecular weight excluding hydrogens is 671 g/mol. The highest BCUT2D eigenvalue weighted by Gasteiger charge is 2.21. The molecule has 11 aromatic rings. The first-order valence-corrected chi connectivity index (χ1v) is 18.3. The zero-order valence-electron chi connectivity index (χ0n) is 29.5. The third-order valence-corrected chi connectivity index (χ3v) is 11.1. The lowest BCUT2D eigenvalue weighted by Gasteiger charge is -2.15. The van der Waals surface area contributed by atoms with Crippen molar-refractivity contribution in [2.24, 2.45) is 0 Å². The van der Waals surface area contributed by atoms with Crippen molar-refractivity contribution in [3.63, 3.8) is 0 Å². The van der Waals surface area contributed by atoms with Crippen LogP contribution in [-0.4, -0.2) is 13.7 Å².